The Balaban J connectivity index is 2.46. The molecule has 0 amide bonds. The highest BCUT2D eigenvalue weighted by molar-refractivity contribution is 5.42. The maximum absolute atomic E-state index is 6.49. The van der Waals surface area contributed by atoms with Crippen LogP contribution in [0.4, 0.5) is 0 Å². The summed E-state index contributed by atoms with van der Waals surface area (Å²) in [4.78, 5) is 0. The van der Waals surface area contributed by atoms with Gasteiger partial charge in [-0.25, -0.2) is 0 Å². The summed E-state index contributed by atoms with van der Waals surface area (Å²) in [5, 5.41) is 0. The highest BCUT2D eigenvalue weighted by atomic mass is 15.0. The fourth-order valence-electron chi connectivity index (χ4n) is 3.06. The fourth-order valence-corrected chi connectivity index (χ4v) is 3.06. The Morgan fingerprint density at radius 1 is 0.750 bits per heavy atom. The van der Waals surface area contributed by atoms with Crippen LogP contribution in [0.15, 0.2) is 36.4 Å². The lowest BCUT2D eigenvalue weighted by molar-refractivity contribution is 0.454. The first-order valence-corrected chi connectivity index (χ1v) is 7.02. The summed E-state index contributed by atoms with van der Waals surface area (Å²) < 4.78 is 0. The molecule has 2 nitrogen and oxygen atoms in total. The van der Waals surface area contributed by atoms with Crippen LogP contribution in [0.5, 0.6) is 0 Å². The van der Waals surface area contributed by atoms with Crippen molar-refractivity contribution in [2.24, 2.45) is 11.5 Å². The number of aryl methyl sites for hydroxylation is 4. The van der Waals surface area contributed by atoms with E-state index in [0.717, 1.165) is 16.7 Å². The Hall–Kier alpha value is -1.64. The van der Waals surface area contributed by atoms with Crippen LogP contribution >= 0.6 is 0 Å². The summed E-state index contributed by atoms with van der Waals surface area (Å²) in [5.74, 6) is 0. The summed E-state index contributed by atoms with van der Waals surface area (Å²) in [7, 11) is 0. The molecule has 2 aromatic rings. The molecule has 20 heavy (non-hydrogen) atoms. The number of hydrogen-bond acceptors (Lipinski definition) is 2. The van der Waals surface area contributed by atoms with Gasteiger partial charge < -0.3 is 11.5 Å². The van der Waals surface area contributed by atoms with Crippen molar-refractivity contribution in [3.8, 4) is 0 Å². The summed E-state index contributed by atoms with van der Waals surface area (Å²) >= 11 is 0. The van der Waals surface area contributed by atoms with Crippen molar-refractivity contribution < 1.29 is 0 Å². The molecule has 0 radical (unpaired) electrons. The van der Waals surface area contributed by atoms with Crippen LogP contribution in [-0.4, -0.2) is 0 Å². The van der Waals surface area contributed by atoms with Gasteiger partial charge in [-0.05, 0) is 61.1 Å². The molecule has 0 saturated heterocycles. The first kappa shape index (κ1) is 14.8. The monoisotopic (exact) mass is 268 g/mol. The van der Waals surface area contributed by atoms with Crippen LogP contribution in [0.1, 0.15) is 33.4 Å². The second-order valence-electron chi connectivity index (χ2n) is 5.85. The molecular formula is C18H24N2. The zero-order valence-corrected chi connectivity index (χ0v) is 12.8. The molecule has 106 valence electrons. The molecule has 0 unspecified atom stereocenters. The van der Waals surface area contributed by atoms with Gasteiger partial charge in [-0.2, -0.15) is 0 Å². The average molecular weight is 268 g/mol. The van der Waals surface area contributed by atoms with Crippen molar-refractivity contribution in [1.82, 2.24) is 0 Å². The van der Waals surface area contributed by atoms with E-state index in [0.29, 0.717) is 6.42 Å². The van der Waals surface area contributed by atoms with Gasteiger partial charge in [-0.15, -0.1) is 0 Å². The molecule has 0 aromatic heterocycles. The second-order valence-corrected chi connectivity index (χ2v) is 5.85. The fraction of sp³-hybridized carbons (Fsp3) is 0.333. The predicted octanol–water partition coefficient (Wildman–Crippen LogP) is 3.23. The minimum Gasteiger partial charge on any atom is -0.309 e. The number of benzene rings is 2. The van der Waals surface area contributed by atoms with Gasteiger partial charge >= 0.3 is 0 Å². The molecule has 0 saturated carbocycles. The molecule has 0 aliphatic heterocycles. The number of hydrogen-bond donors (Lipinski definition) is 2. The van der Waals surface area contributed by atoms with Crippen LogP contribution in [0.2, 0.25) is 0 Å². The Morgan fingerprint density at radius 2 is 1.15 bits per heavy atom. The SMILES string of the molecule is Cc1cccc(C)c1CC(N)(N)c1c(C)cccc1C. The third-order valence-corrected chi connectivity index (χ3v) is 4.06. The van der Waals surface area contributed by atoms with E-state index < -0.39 is 5.66 Å². The maximum Gasteiger partial charge on any atom is 0.0946 e. The molecule has 0 aliphatic rings. The van der Waals surface area contributed by atoms with Crippen molar-refractivity contribution in [3.05, 3.63) is 69.8 Å². The molecule has 0 aliphatic carbocycles. The van der Waals surface area contributed by atoms with Crippen LogP contribution < -0.4 is 11.5 Å². The van der Waals surface area contributed by atoms with Gasteiger partial charge in [-0.3, -0.25) is 0 Å². The van der Waals surface area contributed by atoms with E-state index >= 15 is 0 Å². The lowest BCUT2D eigenvalue weighted by atomic mass is 9.85. The molecule has 0 fully saturated rings. The lowest BCUT2D eigenvalue weighted by Crippen LogP contribution is -2.49. The van der Waals surface area contributed by atoms with Gasteiger partial charge in [0, 0.05) is 6.42 Å². The van der Waals surface area contributed by atoms with Crippen LogP contribution in [0.3, 0.4) is 0 Å². The Kier molecular flexibility index (Phi) is 3.98. The largest absolute Gasteiger partial charge is 0.309 e. The molecule has 2 aromatic carbocycles. The van der Waals surface area contributed by atoms with E-state index in [4.69, 9.17) is 11.5 Å². The van der Waals surface area contributed by atoms with Crippen molar-refractivity contribution in [2.75, 3.05) is 0 Å². The quantitative estimate of drug-likeness (QED) is 0.840. The smallest absolute Gasteiger partial charge is 0.0946 e. The van der Waals surface area contributed by atoms with Crippen molar-refractivity contribution in [3.63, 3.8) is 0 Å². The van der Waals surface area contributed by atoms with Crippen LogP contribution in [0.25, 0.3) is 0 Å². The molecule has 0 atom stereocenters. The van der Waals surface area contributed by atoms with E-state index in [2.05, 4.69) is 58.0 Å². The third-order valence-electron chi connectivity index (χ3n) is 4.06. The minimum atomic E-state index is -0.841. The van der Waals surface area contributed by atoms with Crippen molar-refractivity contribution >= 4 is 0 Å². The number of nitrogens with two attached hydrogens (primary N) is 2. The third kappa shape index (κ3) is 2.77. The number of rotatable bonds is 3. The van der Waals surface area contributed by atoms with E-state index in [1.54, 1.807) is 0 Å². The minimum absolute atomic E-state index is 0.650. The summed E-state index contributed by atoms with van der Waals surface area (Å²) in [6.07, 6.45) is 0.650. The first-order valence-electron chi connectivity index (χ1n) is 7.02. The zero-order chi connectivity index (χ0) is 14.9. The van der Waals surface area contributed by atoms with E-state index in [-0.39, 0.29) is 0 Å². The average Bonchev–Trinajstić information content (AvgIpc) is 2.33. The topological polar surface area (TPSA) is 52.0 Å². The summed E-state index contributed by atoms with van der Waals surface area (Å²) in [5.41, 5.74) is 19.2. The standard InChI is InChI=1S/C18H24N2/c1-12-7-5-8-13(2)16(12)11-18(19,20)17-14(3)9-6-10-15(17)4/h5-10H,11,19-20H2,1-4H3. The Bertz CT molecular complexity index is 587. The molecular weight excluding hydrogens is 244 g/mol. The highest BCUT2D eigenvalue weighted by Crippen LogP contribution is 2.27. The van der Waals surface area contributed by atoms with Gasteiger partial charge in [-0.1, -0.05) is 36.4 Å². The van der Waals surface area contributed by atoms with E-state index in [9.17, 15) is 0 Å². The maximum atomic E-state index is 6.49. The van der Waals surface area contributed by atoms with Gasteiger partial charge in [0.05, 0.1) is 5.66 Å². The zero-order valence-electron chi connectivity index (χ0n) is 12.8. The van der Waals surface area contributed by atoms with Crippen molar-refractivity contribution in [2.45, 2.75) is 39.8 Å². The lowest BCUT2D eigenvalue weighted by Gasteiger charge is -2.30. The van der Waals surface area contributed by atoms with Gasteiger partial charge in [0.2, 0.25) is 0 Å². The van der Waals surface area contributed by atoms with E-state index in [1.165, 1.54) is 16.7 Å². The predicted molar refractivity (Wildman–Crippen MR) is 85.6 cm³/mol. The second kappa shape index (κ2) is 5.39. The van der Waals surface area contributed by atoms with Crippen molar-refractivity contribution in [1.29, 1.82) is 0 Å². The normalized spacial score (nSPS) is 11.7. The van der Waals surface area contributed by atoms with Crippen LogP contribution in [-0.2, 0) is 12.1 Å². The molecule has 0 spiro atoms. The summed E-state index contributed by atoms with van der Waals surface area (Å²) in [6.45, 7) is 8.37. The summed E-state index contributed by atoms with van der Waals surface area (Å²) in [6, 6.07) is 12.5. The molecule has 2 heteroatoms. The van der Waals surface area contributed by atoms with E-state index in [1.807, 2.05) is 6.07 Å². The van der Waals surface area contributed by atoms with Gasteiger partial charge in [0.25, 0.3) is 0 Å². The highest BCUT2D eigenvalue weighted by Gasteiger charge is 2.27. The Morgan fingerprint density at radius 3 is 1.60 bits per heavy atom. The molecule has 4 N–H and O–H groups in total. The van der Waals surface area contributed by atoms with Gasteiger partial charge in [0.1, 0.15) is 0 Å². The molecule has 2 rings (SSSR count). The first-order chi connectivity index (χ1) is 9.33. The van der Waals surface area contributed by atoms with Crippen LogP contribution in [0, 0.1) is 27.7 Å². The van der Waals surface area contributed by atoms with Gasteiger partial charge in [0.15, 0.2) is 0 Å². The molecule has 0 bridgehead atoms. The molecule has 0 heterocycles. The Labute approximate surface area is 121 Å².